The molecular weight excluding hydrogens is 358 g/mol. The first kappa shape index (κ1) is 18.6. The maximum absolute atomic E-state index is 12.7. The van der Waals surface area contributed by atoms with Crippen molar-refractivity contribution >= 4 is 11.8 Å². The summed E-state index contributed by atoms with van der Waals surface area (Å²) >= 11 is 0. The fourth-order valence-electron chi connectivity index (χ4n) is 3.80. The van der Waals surface area contributed by atoms with Crippen LogP contribution in [-0.4, -0.2) is 44.9 Å². The molecule has 0 radical (unpaired) electrons. The highest BCUT2D eigenvalue weighted by Gasteiger charge is 2.33. The molecule has 4 rings (SSSR count). The Morgan fingerprint density at radius 3 is 2.75 bits per heavy atom. The zero-order chi connectivity index (χ0) is 19.5. The standard InChI is InChI=1S/C20H25N5O3/c1-14-20(27)24(12-15-5-3-2-4-6-15)13-18-17(22-23-25(14)18)11-21-19(26)16-7-9-28-10-8-16/h2-6,14,16H,7-13H2,1H3,(H,21,26). The Bertz CT molecular complexity index is 845. The van der Waals surface area contributed by atoms with Crippen LogP contribution >= 0.6 is 0 Å². The zero-order valence-electron chi connectivity index (χ0n) is 16.0. The monoisotopic (exact) mass is 383 g/mol. The van der Waals surface area contributed by atoms with E-state index in [-0.39, 0.29) is 17.7 Å². The Balaban J connectivity index is 1.45. The summed E-state index contributed by atoms with van der Waals surface area (Å²) in [4.78, 5) is 26.9. The lowest BCUT2D eigenvalue weighted by molar-refractivity contribution is -0.138. The van der Waals surface area contributed by atoms with Gasteiger partial charge in [0, 0.05) is 25.7 Å². The van der Waals surface area contributed by atoms with Gasteiger partial charge in [-0.1, -0.05) is 35.5 Å². The summed E-state index contributed by atoms with van der Waals surface area (Å²) in [5.41, 5.74) is 2.69. The van der Waals surface area contributed by atoms with Crippen LogP contribution < -0.4 is 5.32 Å². The van der Waals surface area contributed by atoms with Gasteiger partial charge in [-0.2, -0.15) is 0 Å². The molecule has 1 unspecified atom stereocenters. The number of amides is 2. The fourth-order valence-corrected chi connectivity index (χ4v) is 3.80. The quantitative estimate of drug-likeness (QED) is 0.844. The molecule has 1 fully saturated rings. The Morgan fingerprint density at radius 2 is 2.00 bits per heavy atom. The van der Waals surface area contributed by atoms with Crippen LogP contribution in [0.5, 0.6) is 0 Å². The van der Waals surface area contributed by atoms with Gasteiger partial charge in [0.05, 0.1) is 18.8 Å². The molecule has 2 aliphatic rings. The van der Waals surface area contributed by atoms with E-state index in [4.69, 9.17) is 4.74 Å². The van der Waals surface area contributed by atoms with E-state index in [2.05, 4.69) is 15.6 Å². The molecule has 1 N–H and O–H groups in total. The van der Waals surface area contributed by atoms with Crippen LogP contribution in [0.15, 0.2) is 30.3 Å². The van der Waals surface area contributed by atoms with Gasteiger partial charge in [-0.05, 0) is 25.3 Å². The molecule has 2 aromatic rings. The molecule has 0 bridgehead atoms. The summed E-state index contributed by atoms with van der Waals surface area (Å²) in [6.45, 7) is 4.41. The minimum Gasteiger partial charge on any atom is -0.381 e. The van der Waals surface area contributed by atoms with Gasteiger partial charge in [0.2, 0.25) is 11.8 Å². The predicted molar refractivity (Wildman–Crippen MR) is 101 cm³/mol. The van der Waals surface area contributed by atoms with Crippen molar-refractivity contribution in [1.82, 2.24) is 25.2 Å². The number of nitrogens with zero attached hydrogens (tertiary/aromatic N) is 4. The van der Waals surface area contributed by atoms with E-state index in [0.29, 0.717) is 32.8 Å². The number of ether oxygens (including phenoxy) is 1. The van der Waals surface area contributed by atoms with E-state index in [1.165, 1.54) is 0 Å². The number of carbonyl (C=O) groups is 2. The first-order valence-corrected chi connectivity index (χ1v) is 9.74. The first-order chi connectivity index (χ1) is 13.6. The molecular formula is C20H25N5O3. The Labute approximate surface area is 163 Å². The van der Waals surface area contributed by atoms with Crippen molar-refractivity contribution in [2.75, 3.05) is 13.2 Å². The lowest BCUT2D eigenvalue weighted by atomic mass is 9.99. The third kappa shape index (κ3) is 3.77. The van der Waals surface area contributed by atoms with E-state index in [1.807, 2.05) is 42.2 Å². The molecule has 28 heavy (non-hydrogen) atoms. The van der Waals surface area contributed by atoms with E-state index in [1.54, 1.807) is 4.68 Å². The van der Waals surface area contributed by atoms with Gasteiger partial charge in [-0.25, -0.2) is 4.68 Å². The maximum atomic E-state index is 12.7. The number of rotatable bonds is 5. The third-order valence-corrected chi connectivity index (χ3v) is 5.49. The van der Waals surface area contributed by atoms with Gasteiger partial charge in [0.25, 0.3) is 0 Å². The zero-order valence-corrected chi connectivity index (χ0v) is 16.0. The second-order valence-corrected chi connectivity index (χ2v) is 7.39. The van der Waals surface area contributed by atoms with Gasteiger partial charge in [-0.15, -0.1) is 5.10 Å². The summed E-state index contributed by atoms with van der Waals surface area (Å²) in [6, 6.07) is 9.52. The predicted octanol–water partition coefficient (Wildman–Crippen LogP) is 1.42. The number of carbonyl (C=O) groups excluding carboxylic acids is 2. The molecule has 1 saturated heterocycles. The van der Waals surface area contributed by atoms with Crippen LogP contribution in [0.2, 0.25) is 0 Å². The summed E-state index contributed by atoms with van der Waals surface area (Å²) < 4.78 is 6.99. The SMILES string of the molecule is CC1C(=O)N(Cc2ccccc2)Cc2c(CNC(=O)C3CCOCC3)nnn21. The molecule has 148 valence electrons. The van der Waals surface area contributed by atoms with Crippen LogP contribution in [0, 0.1) is 5.92 Å². The second-order valence-electron chi connectivity index (χ2n) is 7.39. The number of nitrogens with one attached hydrogen (secondary N) is 1. The van der Waals surface area contributed by atoms with Crippen LogP contribution in [0.4, 0.5) is 0 Å². The normalized spacial score (nSPS) is 20.1. The molecule has 1 atom stereocenters. The van der Waals surface area contributed by atoms with Crippen molar-refractivity contribution in [3.8, 4) is 0 Å². The molecule has 0 spiro atoms. The van der Waals surface area contributed by atoms with Gasteiger partial charge in [-0.3, -0.25) is 9.59 Å². The average molecular weight is 383 g/mol. The fraction of sp³-hybridized carbons (Fsp3) is 0.500. The number of benzene rings is 1. The maximum Gasteiger partial charge on any atom is 0.247 e. The molecule has 0 saturated carbocycles. The highest BCUT2D eigenvalue weighted by Crippen LogP contribution is 2.25. The van der Waals surface area contributed by atoms with Crippen molar-refractivity contribution in [1.29, 1.82) is 0 Å². The van der Waals surface area contributed by atoms with Crippen molar-refractivity contribution in [3.05, 3.63) is 47.3 Å². The largest absolute Gasteiger partial charge is 0.381 e. The number of hydrogen-bond acceptors (Lipinski definition) is 5. The molecule has 1 aromatic carbocycles. The van der Waals surface area contributed by atoms with Crippen molar-refractivity contribution in [2.24, 2.45) is 5.92 Å². The first-order valence-electron chi connectivity index (χ1n) is 9.74. The van der Waals surface area contributed by atoms with Crippen LogP contribution in [0.1, 0.15) is 42.8 Å². The Morgan fingerprint density at radius 1 is 1.25 bits per heavy atom. The summed E-state index contributed by atoms with van der Waals surface area (Å²) in [5, 5.41) is 11.4. The van der Waals surface area contributed by atoms with E-state index in [9.17, 15) is 9.59 Å². The third-order valence-electron chi connectivity index (χ3n) is 5.49. The van der Waals surface area contributed by atoms with Gasteiger partial charge < -0.3 is 15.0 Å². The van der Waals surface area contributed by atoms with E-state index in [0.717, 1.165) is 29.8 Å². The summed E-state index contributed by atoms with van der Waals surface area (Å²) in [7, 11) is 0. The molecule has 2 aliphatic heterocycles. The van der Waals surface area contributed by atoms with Crippen molar-refractivity contribution < 1.29 is 14.3 Å². The molecule has 2 amide bonds. The minimum absolute atomic E-state index is 0.00442. The van der Waals surface area contributed by atoms with Gasteiger partial charge in [0.1, 0.15) is 11.7 Å². The van der Waals surface area contributed by atoms with Crippen LogP contribution in [-0.2, 0) is 34.0 Å². The number of aromatic nitrogens is 3. The van der Waals surface area contributed by atoms with Crippen LogP contribution in [0.25, 0.3) is 0 Å². The highest BCUT2D eigenvalue weighted by molar-refractivity contribution is 5.81. The Hall–Kier alpha value is -2.74. The molecule has 8 nitrogen and oxygen atoms in total. The van der Waals surface area contributed by atoms with Crippen molar-refractivity contribution in [3.63, 3.8) is 0 Å². The molecule has 1 aromatic heterocycles. The summed E-state index contributed by atoms with van der Waals surface area (Å²) in [5.74, 6) is 0.0559. The number of hydrogen-bond donors (Lipinski definition) is 1. The Kier molecular flexibility index (Phi) is 5.38. The van der Waals surface area contributed by atoms with Gasteiger partial charge >= 0.3 is 0 Å². The molecule has 0 aliphatic carbocycles. The highest BCUT2D eigenvalue weighted by atomic mass is 16.5. The number of fused-ring (bicyclic) bond motifs is 1. The average Bonchev–Trinajstić information content (AvgIpc) is 3.14. The summed E-state index contributed by atoms with van der Waals surface area (Å²) in [6.07, 6.45) is 1.50. The van der Waals surface area contributed by atoms with E-state index >= 15 is 0 Å². The van der Waals surface area contributed by atoms with Crippen molar-refractivity contribution in [2.45, 2.75) is 45.4 Å². The smallest absolute Gasteiger partial charge is 0.247 e. The molecule has 8 heteroatoms. The minimum atomic E-state index is -0.403. The van der Waals surface area contributed by atoms with Crippen LogP contribution in [0.3, 0.4) is 0 Å². The lowest BCUT2D eigenvalue weighted by Gasteiger charge is -2.31. The molecule has 3 heterocycles. The van der Waals surface area contributed by atoms with Gasteiger partial charge in [0.15, 0.2) is 0 Å². The second kappa shape index (κ2) is 8.10. The lowest BCUT2D eigenvalue weighted by Crippen LogP contribution is -2.42. The topological polar surface area (TPSA) is 89.3 Å². The van der Waals surface area contributed by atoms with E-state index < -0.39 is 6.04 Å².